The highest BCUT2D eigenvalue weighted by molar-refractivity contribution is 7.92. The van der Waals surface area contributed by atoms with E-state index >= 15 is 0 Å². The summed E-state index contributed by atoms with van der Waals surface area (Å²) in [6, 6.07) is 0. The van der Waals surface area contributed by atoms with E-state index in [1.165, 1.54) is 7.05 Å². The van der Waals surface area contributed by atoms with Gasteiger partial charge in [-0.1, -0.05) is 0 Å². The zero-order chi connectivity index (χ0) is 8.91. The van der Waals surface area contributed by atoms with Crippen molar-refractivity contribution in [2.75, 3.05) is 25.1 Å². The second kappa shape index (κ2) is 4.30. The summed E-state index contributed by atoms with van der Waals surface area (Å²) in [6.45, 7) is 0.0549. The van der Waals surface area contributed by atoms with Crippen LogP contribution in [-0.4, -0.2) is 39.4 Å². The van der Waals surface area contributed by atoms with E-state index in [2.05, 4.69) is 5.32 Å². The lowest BCUT2D eigenvalue weighted by Gasteiger charge is -1.99. The van der Waals surface area contributed by atoms with Gasteiger partial charge in [-0.3, -0.25) is 4.79 Å². The molecule has 0 spiro atoms. The third kappa shape index (κ3) is 4.74. The molecule has 0 fully saturated rings. The topological polar surface area (TPSA) is 89.3 Å². The minimum absolute atomic E-state index is 0.0549. The zero-order valence-corrected chi connectivity index (χ0v) is 7.15. The molecule has 0 unspecified atom stereocenters. The average molecular weight is 180 g/mol. The number of hydrogen-bond acceptors (Lipinski definition) is 4. The number of rotatable bonds is 4. The molecule has 0 aromatic heterocycles. The molecule has 3 N–H and O–H groups in total. The van der Waals surface area contributed by atoms with E-state index in [1.807, 2.05) is 0 Å². The summed E-state index contributed by atoms with van der Waals surface area (Å²) in [5.41, 5.74) is 5.02. The zero-order valence-electron chi connectivity index (χ0n) is 6.33. The number of sulfone groups is 1. The Bertz CT molecular complexity index is 222. The molecular weight excluding hydrogens is 168 g/mol. The number of nitrogens with two attached hydrogens (primary N) is 1. The molecule has 0 radical (unpaired) electrons. The van der Waals surface area contributed by atoms with Crippen molar-refractivity contribution in [2.24, 2.45) is 5.73 Å². The van der Waals surface area contributed by atoms with Crippen LogP contribution in [0.4, 0.5) is 0 Å². The van der Waals surface area contributed by atoms with Crippen LogP contribution >= 0.6 is 0 Å². The van der Waals surface area contributed by atoms with E-state index in [0.717, 1.165) is 0 Å². The monoisotopic (exact) mass is 180 g/mol. The molecule has 1 amide bonds. The van der Waals surface area contributed by atoms with E-state index in [-0.39, 0.29) is 12.3 Å². The van der Waals surface area contributed by atoms with Gasteiger partial charge in [0.05, 0.1) is 5.75 Å². The van der Waals surface area contributed by atoms with Crippen LogP contribution in [0.15, 0.2) is 0 Å². The smallest absolute Gasteiger partial charge is 0.234 e. The summed E-state index contributed by atoms with van der Waals surface area (Å²) in [7, 11) is -1.89. The number of carbonyl (C=O) groups is 1. The summed E-state index contributed by atoms with van der Waals surface area (Å²) in [6.07, 6.45) is 0. The Kier molecular flexibility index (Phi) is 4.06. The van der Waals surface area contributed by atoms with Crippen LogP contribution in [0.5, 0.6) is 0 Å². The summed E-state index contributed by atoms with van der Waals surface area (Å²) >= 11 is 0. The summed E-state index contributed by atoms with van der Waals surface area (Å²) in [5, 5.41) is 2.22. The maximum absolute atomic E-state index is 10.9. The second-order valence-electron chi connectivity index (χ2n) is 2.05. The van der Waals surface area contributed by atoms with Crippen molar-refractivity contribution in [1.29, 1.82) is 0 Å². The molecule has 0 aliphatic carbocycles. The van der Waals surface area contributed by atoms with Crippen molar-refractivity contribution in [3.63, 3.8) is 0 Å². The molecule has 66 valence electrons. The van der Waals surface area contributed by atoms with E-state index in [9.17, 15) is 13.2 Å². The van der Waals surface area contributed by atoms with Crippen LogP contribution in [0.2, 0.25) is 0 Å². The summed E-state index contributed by atoms with van der Waals surface area (Å²) < 4.78 is 21.7. The highest BCUT2D eigenvalue weighted by Crippen LogP contribution is 1.87. The van der Waals surface area contributed by atoms with Gasteiger partial charge in [-0.2, -0.15) is 0 Å². The average Bonchev–Trinajstić information content (AvgIpc) is 1.86. The Morgan fingerprint density at radius 2 is 2.09 bits per heavy atom. The molecule has 0 aliphatic heterocycles. The number of carbonyl (C=O) groups excluding carboxylic acids is 1. The van der Waals surface area contributed by atoms with E-state index in [4.69, 9.17) is 5.73 Å². The van der Waals surface area contributed by atoms with Crippen molar-refractivity contribution < 1.29 is 13.2 Å². The van der Waals surface area contributed by atoms with Gasteiger partial charge in [-0.25, -0.2) is 8.42 Å². The quantitative estimate of drug-likeness (QED) is 0.529. The first-order chi connectivity index (χ1) is 5.02. The van der Waals surface area contributed by atoms with Gasteiger partial charge in [-0.05, 0) is 0 Å². The second-order valence-corrected chi connectivity index (χ2v) is 4.24. The molecule has 5 nitrogen and oxygen atoms in total. The standard InChI is InChI=1S/C5H12N2O3S/c1-7-5(8)4-11(9,10)3-2-6/h2-4,6H2,1H3,(H,7,8). The van der Waals surface area contributed by atoms with Crippen LogP contribution in [0.1, 0.15) is 0 Å². The minimum atomic E-state index is -3.28. The Hall–Kier alpha value is -0.620. The van der Waals surface area contributed by atoms with Crippen molar-refractivity contribution in [3.8, 4) is 0 Å². The minimum Gasteiger partial charge on any atom is -0.358 e. The number of hydrogen-bond donors (Lipinski definition) is 2. The van der Waals surface area contributed by atoms with Gasteiger partial charge in [0.2, 0.25) is 5.91 Å². The third-order valence-corrected chi connectivity index (χ3v) is 2.62. The van der Waals surface area contributed by atoms with Crippen molar-refractivity contribution >= 4 is 15.7 Å². The molecule has 0 rings (SSSR count). The van der Waals surface area contributed by atoms with Gasteiger partial charge in [0.1, 0.15) is 5.75 Å². The maximum atomic E-state index is 10.9. The van der Waals surface area contributed by atoms with Crippen LogP contribution in [0, 0.1) is 0 Å². The van der Waals surface area contributed by atoms with Crippen molar-refractivity contribution in [3.05, 3.63) is 0 Å². The predicted molar refractivity (Wildman–Crippen MR) is 41.8 cm³/mol. The van der Waals surface area contributed by atoms with Crippen LogP contribution < -0.4 is 11.1 Å². The molecule has 0 heterocycles. The normalized spacial score (nSPS) is 11.1. The molecule has 6 heteroatoms. The molecule has 0 saturated heterocycles. The Balaban J connectivity index is 4.03. The van der Waals surface area contributed by atoms with E-state index < -0.39 is 21.5 Å². The van der Waals surface area contributed by atoms with Crippen LogP contribution in [0.3, 0.4) is 0 Å². The molecule has 0 aromatic rings. The third-order valence-electron chi connectivity index (χ3n) is 1.06. The molecular formula is C5H12N2O3S. The maximum Gasteiger partial charge on any atom is 0.234 e. The molecule has 0 saturated carbocycles. The molecule has 0 aromatic carbocycles. The van der Waals surface area contributed by atoms with Gasteiger partial charge in [0.15, 0.2) is 9.84 Å². The Morgan fingerprint density at radius 3 is 2.45 bits per heavy atom. The lowest BCUT2D eigenvalue weighted by molar-refractivity contribution is -0.118. The lowest BCUT2D eigenvalue weighted by Crippen LogP contribution is -2.30. The van der Waals surface area contributed by atoms with Gasteiger partial charge in [0, 0.05) is 13.6 Å². The van der Waals surface area contributed by atoms with E-state index in [0.29, 0.717) is 0 Å². The van der Waals surface area contributed by atoms with Crippen molar-refractivity contribution in [2.45, 2.75) is 0 Å². The van der Waals surface area contributed by atoms with Crippen LogP contribution in [-0.2, 0) is 14.6 Å². The fraction of sp³-hybridized carbons (Fsp3) is 0.800. The SMILES string of the molecule is CNC(=O)CS(=O)(=O)CCN. The fourth-order valence-electron chi connectivity index (χ4n) is 0.524. The van der Waals surface area contributed by atoms with Gasteiger partial charge >= 0.3 is 0 Å². The highest BCUT2D eigenvalue weighted by Gasteiger charge is 2.13. The number of amides is 1. The van der Waals surface area contributed by atoms with Gasteiger partial charge in [0.25, 0.3) is 0 Å². The first kappa shape index (κ1) is 10.4. The Labute approximate surface area is 65.9 Å². The first-order valence-electron chi connectivity index (χ1n) is 3.13. The van der Waals surface area contributed by atoms with E-state index in [1.54, 1.807) is 0 Å². The molecule has 0 bridgehead atoms. The predicted octanol–water partition coefficient (Wildman–Crippen LogP) is -1.89. The van der Waals surface area contributed by atoms with Crippen LogP contribution in [0.25, 0.3) is 0 Å². The lowest BCUT2D eigenvalue weighted by atomic mass is 10.7. The number of nitrogens with one attached hydrogen (secondary N) is 1. The molecule has 11 heavy (non-hydrogen) atoms. The summed E-state index contributed by atoms with van der Waals surface area (Å²) in [5.74, 6) is -1.11. The Morgan fingerprint density at radius 1 is 1.55 bits per heavy atom. The first-order valence-corrected chi connectivity index (χ1v) is 4.95. The highest BCUT2D eigenvalue weighted by atomic mass is 32.2. The molecule has 0 atom stereocenters. The van der Waals surface area contributed by atoms with Gasteiger partial charge < -0.3 is 11.1 Å². The van der Waals surface area contributed by atoms with Gasteiger partial charge in [-0.15, -0.1) is 0 Å². The molecule has 0 aliphatic rings. The van der Waals surface area contributed by atoms with Crippen molar-refractivity contribution in [1.82, 2.24) is 5.32 Å². The fourth-order valence-corrected chi connectivity index (χ4v) is 1.57. The summed E-state index contributed by atoms with van der Waals surface area (Å²) in [4.78, 5) is 10.6. The largest absolute Gasteiger partial charge is 0.358 e.